The van der Waals surface area contributed by atoms with Gasteiger partial charge in [-0.1, -0.05) is 18.2 Å². The van der Waals surface area contributed by atoms with Gasteiger partial charge >= 0.3 is 0 Å². The second-order valence-electron chi connectivity index (χ2n) is 9.05. The number of benzene rings is 1. The number of hydrogen-bond acceptors (Lipinski definition) is 8. The van der Waals surface area contributed by atoms with Crippen LogP contribution in [0.5, 0.6) is 5.88 Å². The molecule has 10 heteroatoms. The van der Waals surface area contributed by atoms with Gasteiger partial charge in [0.25, 0.3) is 5.92 Å². The molecular formula is C24H27F2N5O3. The Labute approximate surface area is 195 Å². The summed E-state index contributed by atoms with van der Waals surface area (Å²) >= 11 is 0. The number of halogens is 2. The lowest BCUT2D eigenvalue weighted by atomic mass is 10.0. The molecule has 5 rings (SSSR count). The Kier molecular flexibility index (Phi) is 5.73. The number of aliphatic hydroxyl groups is 1. The topological polar surface area (TPSA) is 104 Å². The van der Waals surface area contributed by atoms with Crippen molar-refractivity contribution in [3.63, 3.8) is 0 Å². The molecule has 2 aromatic heterocycles. The zero-order valence-electron chi connectivity index (χ0n) is 19.0. The molecule has 3 aromatic rings. The molecule has 2 fully saturated rings. The van der Waals surface area contributed by atoms with E-state index in [9.17, 15) is 13.9 Å². The van der Waals surface area contributed by atoms with Crippen LogP contribution in [-0.2, 0) is 10.7 Å². The third-order valence-corrected chi connectivity index (χ3v) is 6.76. The van der Waals surface area contributed by atoms with Gasteiger partial charge in [0.05, 0.1) is 37.0 Å². The summed E-state index contributed by atoms with van der Waals surface area (Å²) in [6.45, 7) is 3.57. The summed E-state index contributed by atoms with van der Waals surface area (Å²) in [6, 6.07) is 7.81. The lowest BCUT2D eigenvalue weighted by Crippen LogP contribution is -2.46. The molecule has 2 aliphatic rings. The van der Waals surface area contributed by atoms with Gasteiger partial charge in [0.1, 0.15) is 17.8 Å². The van der Waals surface area contributed by atoms with Crippen molar-refractivity contribution < 1.29 is 23.7 Å². The van der Waals surface area contributed by atoms with Gasteiger partial charge in [-0.2, -0.15) is 13.9 Å². The summed E-state index contributed by atoms with van der Waals surface area (Å²) in [6.07, 6.45) is 1.99. The SMILES string of the molecule is Cc1nnc(N[C@H](C)c2cccc(C(F)(F)CO)c2)c2cc(N3C4CCC3COC4)c(O)nc12. The fourth-order valence-corrected chi connectivity index (χ4v) is 4.91. The van der Waals surface area contributed by atoms with Crippen LogP contribution in [-0.4, -0.2) is 57.3 Å². The fraction of sp³-hybridized carbons (Fsp3) is 0.458. The lowest BCUT2D eigenvalue weighted by Gasteiger charge is -2.36. The minimum absolute atomic E-state index is 0.0552. The van der Waals surface area contributed by atoms with Crippen molar-refractivity contribution in [3.05, 3.63) is 47.2 Å². The number of hydrogen-bond donors (Lipinski definition) is 3. The maximum Gasteiger partial charge on any atom is 0.295 e. The summed E-state index contributed by atoms with van der Waals surface area (Å²) in [4.78, 5) is 6.64. The first kappa shape index (κ1) is 22.7. The first-order valence-electron chi connectivity index (χ1n) is 11.4. The lowest BCUT2D eigenvalue weighted by molar-refractivity contribution is -0.0556. The number of fused-ring (bicyclic) bond motifs is 3. The number of rotatable bonds is 6. The van der Waals surface area contributed by atoms with E-state index in [2.05, 4.69) is 25.4 Å². The molecule has 0 radical (unpaired) electrons. The summed E-state index contributed by atoms with van der Waals surface area (Å²) in [5.41, 5.74) is 2.09. The molecule has 4 heterocycles. The van der Waals surface area contributed by atoms with Gasteiger partial charge in [0.2, 0.25) is 5.88 Å². The van der Waals surface area contributed by atoms with Crippen molar-refractivity contribution in [2.45, 2.75) is 50.7 Å². The number of morpholine rings is 1. The molecule has 0 amide bonds. The van der Waals surface area contributed by atoms with Crippen LogP contribution >= 0.6 is 0 Å². The molecule has 2 saturated heterocycles. The first-order chi connectivity index (χ1) is 16.3. The van der Waals surface area contributed by atoms with Gasteiger partial charge in [-0.25, -0.2) is 4.98 Å². The van der Waals surface area contributed by atoms with Crippen molar-refractivity contribution >= 4 is 22.4 Å². The van der Waals surface area contributed by atoms with Crippen molar-refractivity contribution in [1.29, 1.82) is 0 Å². The monoisotopic (exact) mass is 471 g/mol. The van der Waals surface area contributed by atoms with Crippen molar-refractivity contribution in [2.75, 3.05) is 30.0 Å². The number of nitrogens with one attached hydrogen (secondary N) is 1. The smallest absolute Gasteiger partial charge is 0.295 e. The van der Waals surface area contributed by atoms with Gasteiger partial charge in [-0.05, 0) is 44.4 Å². The molecule has 3 atom stereocenters. The van der Waals surface area contributed by atoms with Crippen LogP contribution in [0, 0.1) is 6.92 Å². The Bertz CT molecular complexity index is 1210. The van der Waals surface area contributed by atoms with Gasteiger partial charge < -0.3 is 25.2 Å². The van der Waals surface area contributed by atoms with E-state index in [-0.39, 0.29) is 29.6 Å². The van der Waals surface area contributed by atoms with Crippen molar-refractivity contribution in [3.8, 4) is 5.88 Å². The van der Waals surface area contributed by atoms with Crippen LogP contribution < -0.4 is 10.2 Å². The Hall–Kier alpha value is -3.11. The Morgan fingerprint density at radius 1 is 1.21 bits per heavy atom. The van der Waals surface area contributed by atoms with E-state index in [1.54, 1.807) is 13.0 Å². The summed E-state index contributed by atoms with van der Waals surface area (Å²) in [7, 11) is 0. The normalized spacial score (nSPS) is 21.1. The minimum Gasteiger partial charge on any atom is -0.492 e. The molecule has 1 aromatic carbocycles. The van der Waals surface area contributed by atoms with Gasteiger partial charge in [0, 0.05) is 10.9 Å². The largest absolute Gasteiger partial charge is 0.492 e. The molecule has 2 bridgehead atoms. The Morgan fingerprint density at radius 3 is 2.65 bits per heavy atom. The van der Waals surface area contributed by atoms with E-state index in [0.29, 0.717) is 46.9 Å². The highest BCUT2D eigenvalue weighted by atomic mass is 19.3. The number of ether oxygens (including phenoxy) is 1. The van der Waals surface area contributed by atoms with Gasteiger partial charge in [-0.15, -0.1) is 5.10 Å². The fourth-order valence-electron chi connectivity index (χ4n) is 4.91. The van der Waals surface area contributed by atoms with Crippen LogP contribution in [0.25, 0.3) is 10.9 Å². The van der Waals surface area contributed by atoms with Crippen LogP contribution in [0.15, 0.2) is 30.3 Å². The number of pyridine rings is 1. The maximum atomic E-state index is 14.0. The van der Waals surface area contributed by atoms with Crippen LogP contribution in [0.2, 0.25) is 0 Å². The highest BCUT2D eigenvalue weighted by Gasteiger charge is 2.39. The third-order valence-electron chi connectivity index (χ3n) is 6.76. The molecule has 0 aliphatic carbocycles. The molecule has 2 unspecified atom stereocenters. The van der Waals surface area contributed by atoms with Crippen LogP contribution in [0.3, 0.4) is 0 Å². The molecule has 180 valence electrons. The number of aromatic hydroxyl groups is 1. The zero-order valence-corrected chi connectivity index (χ0v) is 19.0. The zero-order chi connectivity index (χ0) is 24.0. The predicted molar refractivity (Wildman–Crippen MR) is 123 cm³/mol. The minimum atomic E-state index is -3.32. The molecular weight excluding hydrogens is 444 g/mol. The van der Waals surface area contributed by atoms with E-state index >= 15 is 0 Å². The number of nitrogens with zero attached hydrogens (tertiary/aromatic N) is 4. The highest BCUT2D eigenvalue weighted by molar-refractivity contribution is 5.93. The number of aliphatic hydroxyl groups excluding tert-OH is 1. The quantitative estimate of drug-likeness (QED) is 0.501. The molecule has 0 saturated carbocycles. The first-order valence-corrected chi connectivity index (χ1v) is 11.4. The number of aryl methyl sites for hydroxylation is 1. The molecule has 0 spiro atoms. The van der Waals surface area contributed by atoms with E-state index in [0.717, 1.165) is 12.8 Å². The van der Waals surface area contributed by atoms with Gasteiger partial charge in [-0.3, -0.25) is 0 Å². The Balaban J connectivity index is 1.52. The van der Waals surface area contributed by atoms with Crippen molar-refractivity contribution in [2.24, 2.45) is 0 Å². The third kappa shape index (κ3) is 3.90. The summed E-state index contributed by atoms with van der Waals surface area (Å²) < 4.78 is 33.7. The number of anilines is 2. The van der Waals surface area contributed by atoms with E-state index in [1.165, 1.54) is 18.2 Å². The average molecular weight is 472 g/mol. The molecule has 3 N–H and O–H groups in total. The summed E-state index contributed by atoms with van der Waals surface area (Å²) in [5, 5.41) is 32.3. The number of alkyl halides is 2. The second kappa shape index (κ2) is 8.59. The van der Waals surface area contributed by atoms with Crippen LogP contribution in [0.1, 0.15) is 42.6 Å². The average Bonchev–Trinajstić information content (AvgIpc) is 3.07. The number of aromatic nitrogens is 3. The maximum absolute atomic E-state index is 14.0. The van der Waals surface area contributed by atoms with E-state index in [1.807, 2.05) is 13.0 Å². The second-order valence-corrected chi connectivity index (χ2v) is 9.05. The Morgan fingerprint density at radius 2 is 1.94 bits per heavy atom. The van der Waals surface area contributed by atoms with Gasteiger partial charge in [0.15, 0.2) is 5.82 Å². The van der Waals surface area contributed by atoms with E-state index in [4.69, 9.17) is 9.84 Å². The standard InChI is InChI=1S/C24H27F2N5O3/c1-13(15-4-3-5-16(8-15)24(25,26)12-32)27-22-19-9-20(23(33)28-21(19)14(2)29-30-22)31-17-6-7-18(31)11-34-10-17/h3-5,8-9,13,17-18,32H,6-7,10-12H2,1-2H3,(H,27,30)(H,28,33)/t13-,17?,18?/m1/s1. The predicted octanol–water partition coefficient (Wildman–Crippen LogP) is 3.66. The molecule has 34 heavy (non-hydrogen) atoms. The molecule has 2 aliphatic heterocycles. The van der Waals surface area contributed by atoms with E-state index < -0.39 is 12.5 Å². The molecule has 8 nitrogen and oxygen atoms in total. The van der Waals surface area contributed by atoms with Crippen LogP contribution in [0.4, 0.5) is 20.3 Å². The van der Waals surface area contributed by atoms with Crippen molar-refractivity contribution in [1.82, 2.24) is 15.2 Å². The summed E-state index contributed by atoms with van der Waals surface area (Å²) in [5.74, 6) is -2.93. The highest BCUT2D eigenvalue weighted by Crippen LogP contribution is 2.41.